The summed E-state index contributed by atoms with van der Waals surface area (Å²) < 4.78 is 10.0. The van der Waals surface area contributed by atoms with E-state index >= 15 is 0 Å². The zero-order valence-corrected chi connectivity index (χ0v) is 9.14. The van der Waals surface area contributed by atoms with E-state index in [1.54, 1.807) is 26.6 Å². The molecule has 0 radical (unpaired) electrons. The molecule has 1 rings (SSSR count). The van der Waals surface area contributed by atoms with E-state index in [-0.39, 0.29) is 6.04 Å². The summed E-state index contributed by atoms with van der Waals surface area (Å²) in [7, 11) is 3.24. The molecular weight excluding hydrogens is 194 g/mol. The molecule has 5 nitrogen and oxygen atoms in total. The smallest absolute Gasteiger partial charge is 0.236 e. The van der Waals surface area contributed by atoms with Crippen LogP contribution < -0.4 is 10.5 Å². The first-order chi connectivity index (χ1) is 7.29. The van der Waals surface area contributed by atoms with E-state index in [0.29, 0.717) is 18.2 Å². The summed E-state index contributed by atoms with van der Waals surface area (Å²) in [5.74, 6) is 0.502. The van der Waals surface area contributed by atoms with Crippen LogP contribution in [0.15, 0.2) is 12.4 Å². The zero-order chi connectivity index (χ0) is 11.1. The van der Waals surface area contributed by atoms with Crippen molar-refractivity contribution in [1.29, 1.82) is 0 Å². The van der Waals surface area contributed by atoms with Crippen LogP contribution in [0.3, 0.4) is 0 Å². The third-order valence-electron chi connectivity index (χ3n) is 2.10. The Hall–Kier alpha value is -1.20. The summed E-state index contributed by atoms with van der Waals surface area (Å²) in [4.78, 5) is 8.23. The van der Waals surface area contributed by atoms with Crippen LogP contribution in [0.25, 0.3) is 0 Å². The van der Waals surface area contributed by atoms with Crippen molar-refractivity contribution in [3.63, 3.8) is 0 Å². The highest BCUT2D eigenvalue weighted by atomic mass is 16.5. The van der Waals surface area contributed by atoms with Gasteiger partial charge in [0.1, 0.15) is 5.69 Å². The highest BCUT2D eigenvalue weighted by Crippen LogP contribution is 2.21. The molecule has 1 aromatic heterocycles. The first-order valence-electron chi connectivity index (χ1n) is 4.89. The van der Waals surface area contributed by atoms with Gasteiger partial charge in [-0.1, -0.05) is 0 Å². The molecular formula is C10H17N3O2. The fraction of sp³-hybridized carbons (Fsp3) is 0.600. The molecule has 0 fully saturated rings. The Kier molecular flexibility index (Phi) is 5.00. The van der Waals surface area contributed by atoms with Crippen LogP contribution in [0.1, 0.15) is 24.6 Å². The summed E-state index contributed by atoms with van der Waals surface area (Å²) in [5.41, 5.74) is 6.68. The van der Waals surface area contributed by atoms with Crippen molar-refractivity contribution in [2.45, 2.75) is 18.9 Å². The van der Waals surface area contributed by atoms with Gasteiger partial charge < -0.3 is 15.2 Å². The second-order valence-corrected chi connectivity index (χ2v) is 3.19. The minimum absolute atomic E-state index is 0.149. The zero-order valence-electron chi connectivity index (χ0n) is 9.14. The standard InChI is InChI=1S/C10H17N3O2/c1-14-7-3-4-8(11)9-10(15-2)13-6-5-12-9/h5-6,8H,3-4,7,11H2,1-2H3. The van der Waals surface area contributed by atoms with Crippen LogP contribution >= 0.6 is 0 Å². The van der Waals surface area contributed by atoms with Gasteiger partial charge in [-0.15, -0.1) is 0 Å². The van der Waals surface area contributed by atoms with Crippen molar-refractivity contribution in [2.24, 2.45) is 5.73 Å². The van der Waals surface area contributed by atoms with Crippen molar-refractivity contribution >= 4 is 0 Å². The molecule has 0 aliphatic carbocycles. The molecule has 1 heterocycles. The van der Waals surface area contributed by atoms with Crippen LogP contribution in [-0.2, 0) is 4.74 Å². The maximum atomic E-state index is 5.97. The minimum Gasteiger partial charge on any atom is -0.480 e. The van der Waals surface area contributed by atoms with E-state index in [0.717, 1.165) is 12.8 Å². The Labute approximate surface area is 89.6 Å². The second kappa shape index (κ2) is 6.31. The van der Waals surface area contributed by atoms with E-state index in [4.69, 9.17) is 15.2 Å². The van der Waals surface area contributed by atoms with Crippen LogP contribution in [0, 0.1) is 0 Å². The van der Waals surface area contributed by atoms with Crippen molar-refractivity contribution in [3.8, 4) is 5.88 Å². The lowest BCUT2D eigenvalue weighted by Crippen LogP contribution is -2.14. The minimum atomic E-state index is -0.149. The number of hydrogen-bond donors (Lipinski definition) is 1. The van der Waals surface area contributed by atoms with Crippen molar-refractivity contribution < 1.29 is 9.47 Å². The van der Waals surface area contributed by atoms with Gasteiger partial charge in [-0.05, 0) is 12.8 Å². The van der Waals surface area contributed by atoms with E-state index < -0.39 is 0 Å². The van der Waals surface area contributed by atoms with Gasteiger partial charge in [0.05, 0.1) is 13.2 Å². The fourth-order valence-corrected chi connectivity index (χ4v) is 1.33. The molecule has 0 amide bonds. The lowest BCUT2D eigenvalue weighted by Gasteiger charge is -2.12. The summed E-state index contributed by atoms with van der Waals surface area (Å²) >= 11 is 0. The molecule has 1 atom stereocenters. The molecule has 15 heavy (non-hydrogen) atoms. The second-order valence-electron chi connectivity index (χ2n) is 3.19. The Bertz CT molecular complexity index is 294. The number of aromatic nitrogens is 2. The quantitative estimate of drug-likeness (QED) is 0.708. The first kappa shape index (κ1) is 11.9. The number of nitrogens with two attached hydrogens (primary N) is 1. The van der Waals surface area contributed by atoms with Crippen LogP contribution in [0.5, 0.6) is 5.88 Å². The van der Waals surface area contributed by atoms with Gasteiger partial charge in [0.15, 0.2) is 0 Å². The molecule has 1 aromatic rings. The van der Waals surface area contributed by atoms with Crippen LogP contribution in [0.2, 0.25) is 0 Å². The maximum Gasteiger partial charge on any atom is 0.236 e. The molecule has 2 N–H and O–H groups in total. The topological polar surface area (TPSA) is 70.3 Å². The molecule has 0 aromatic carbocycles. The average molecular weight is 211 g/mol. The lowest BCUT2D eigenvalue weighted by molar-refractivity contribution is 0.190. The third-order valence-corrected chi connectivity index (χ3v) is 2.10. The number of methoxy groups -OCH3 is 2. The summed E-state index contributed by atoms with van der Waals surface area (Å²) in [5, 5.41) is 0. The Morgan fingerprint density at radius 1 is 1.33 bits per heavy atom. The highest BCUT2D eigenvalue weighted by molar-refractivity contribution is 5.20. The van der Waals surface area contributed by atoms with Crippen LogP contribution in [-0.4, -0.2) is 30.8 Å². The summed E-state index contributed by atoms with van der Waals surface area (Å²) in [6.45, 7) is 0.705. The number of nitrogens with zero attached hydrogens (tertiary/aromatic N) is 2. The van der Waals surface area contributed by atoms with Crippen molar-refractivity contribution in [3.05, 3.63) is 18.1 Å². The van der Waals surface area contributed by atoms with E-state index in [9.17, 15) is 0 Å². The van der Waals surface area contributed by atoms with Gasteiger partial charge in [0, 0.05) is 26.1 Å². The fourth-order valence-electron chi connectivity index (χ4n) is 1.33. The van der Waals surface area contributed by atoms with E-state index in [1.807, 2.05) is 0 Å². The Balaban J connectivity index is 2.59. The Morgan fingerprint density at radius 3 is 2.73 bits per heavy atom. The van der Waals surface area contributed by atoms with Gasteiger partial charge in [-0.3, -0.25) is 4.98 Å². The van der Waals surface area contributed by atoms with Crippen molar-refractivity contribution in [1.82, 2.24) is 9.97 Å². The molecule has 5 heteroatoms. The highest BCUT2D eigenvalue weighted by Gasteiger charge is 2.13. The van der Waals surface area contributed by atoms with Gasteiger partial charge in [0.25, 0.3) is 0 Å². The molecule has 84 valence electrons. The van der Waals surface area contributed by atoms with Gasteiger partial charge in [-0.2, -0.15) is 0 Å². The summed E-state index contributed by atoms with van der Waals surface area (Å²) in [6, 6.07) is -0.149. The van der Waals surface area contributed by atoms with Gasteiger partial charge >= 0.3 is 0 Å². The largest absolute Gasteiger partial charge is 0.480 e. The van der Waals surface area contributed by atoms with Crippen molar-refractivity contribution in [2.75, 3.05) is 20.8 Å². The normalized spacial score (nSPS) is 12.5. The number of ether oxygens (including phenoxy) is 2. The molecule has 0 aliphatic heterocycles. The predicted molar refractivity (Wildman–Crippen MR) is 56.6 cm³/mol. The molecule has 0 spiro atoms. The average Bonchev–Trinajstić information content (AvgIpc) is 2.29. The summed E-state index contributed by atoms with van der Waals surface area (Å²) in [6.07, 6.45) is 4.92. The lowest BCUT2D eigenvalue weighted by atomic mass is 10.1. The van der Waals surface area contributed by atoms with E-state index in [2.05, 4.69) is 9.97 Å². The molecule has 0 bridgehead atoms. The van der Waals surface area contributed by atoms with E-state index in [1.165, 1.54) is 0 Å². The SMILES string of the molecule is COCCCC(N)c1nccnc1OC. The monoisotopic (exact) mass is 211 g/mol. The Morgan fingerprint density at radius 2 is 2.07 bits per heavy atom. The van der Waals surface area contributed by atoms with Gasteiger partial charge in [0.2, 0.25) is 5.88 Å². The maximum absolute atomic E-state index is 5.97. The number of hydrogen-bond acceptors (Lipinski definition) is 5. The van der Waals surface area contributed by atoms with Crippen LogP contribution in [0.4, 0.5) is 0 Å². The molecule has 1 unspecified atom stereocenters. The molecule has 0 saturated heterocycles. The number of rotatable bonds is 6. The first-order valence-corrected chi connectivity index (χ1v) is 4.89. The molecule has 0 saturated carbocycles. The van der Waals surface area contributed by atoms with Gasteiger partial charge in [-0.25, -0.2) is 4.98 Å². The predicted octanol–water partition coefficient (Wildman–Crippen LogP) is 0.912. The third kappa shape index (κ3) is 3.45. The molecule has 0 aliphatic rings.